The third kappa shape index (κ3) is 6.45. The molecule has 2 amide bonds. The van der Waals surface area contributed by atoms with E-state index in [-0.39, 0.29) is 12.0 Å². The van der Waals surface area contributed by atoms with E-state index in [9.17, 15) is 9.59 Å². The Morgan fingerprint density at radius 1 is 1.14 bits per heavy atom. The van der Waals surface area contributed by atoms with Crippen LogP contribution in [0.1, 0.15) is 77.3 Å². The number of ether oxygens (including phenoxy) is 1. The summed E-state index contributed by atoms with van der Waals surface area (Å²) in [4.78, 5) is 31.0. The fourth-order valence-corrected chi connectivity index (χ4v) is 7.14. The molecule has 200 valence electrons. The van der Waals surface area contributed by atoms with Crippen molar-refractivity contribution in [1.82, 2.24) is 14.8 Å². The van der Waals surface area contributed by atoms with Crippen molar-refractivity contribution >= 4 is 39.7 Å². The van der Waals surface area contributed by atoms with Crippen molar-refractivity contribution in [3.63, 3.8) is 0 Å². The second kappa shape index (κ2) is 11.4. The van der Waals surface area contributed by atoms with Gasteiger partial charge in [0.1, 0.15) is 15.6 Å². The minimum absolute atomic E-state index is 0.320. The van der Waals surface area contributed by atoms with Crippen molar-refractivity contribution in [2.24, 2.45) is 0 Å². The monoisotopic (exact) mass is 542 g/mol. The van der Waals surface area contributed by atoms with Crippen LogP contribution < -0.4 is 10.6 Å². The third-order valence-corrected chi connectivity index (χ3v) is 9.11. The summed E-state index contributed by atoms with van der Waals surface area (Å²) in [7, 11) is 2.11. The molecule has 0 radical (unpaired) electrons. The maximum absolute atomic E-state index is 13.1. The number of anilines is 1. The third-order valence-electron chi connectivity index (χ3n) is 6.57. The van der Waals surface area contributed by atoms with Crippen molar-refractivity contribution < 1.29 is 14.3 Å². The molecule has 0 unspecified atom stereocenters. The van der Waals surface area contributed by atoms with Gasteiger partial charge in [0.15, 0.2) is 0 Å². The molecule has 37 heavy (non-hydrogen) atoms. The van der Waals surface area contributed by atoms with Crippen LogP contribution >= 0.6 is 22.7 Å². The number of esters is 1. The highest BCUT2D eigenvalue weighted by Gasteiger charge is 2.30. The number of nitrogens with zero attached hydrogens (tertiary/aromatic N) is 2. The lowest BCUT2D eigenvalue weighted by molar-refractivity contribution is 0.00699. The van der Waals surface area contributed by atoms with Gasteiger partial charge in [0.25, 0.3) is 0 Å². The maximum Gasteiger partial charge on any atom is 0.341 e. The second-order valence-electron chi connectivity index (χ2n) is 10.6. The van der Waals surface area contributed by atoms with Crippen molar-refractivity contribution in [3.8, 4) is 5.00 Å². The van der Waals surface area contributed by atoms with Gasteiger partial charge in [0, 0.05) is 40.8 Å². The van der Waals surface area contributed by atoms with E-state index in [2.05, 4.69) is 41.0 Å². The van der Waals surface area contributed by atoms with Crippen LogP contribution in [-0.2, 0) is 30.7 Å². The van der Waals surface area contributed by atoms with Gasteiger partial charge in [-0.1, -0.05) is 6.92 Å². The zero-order chi connectivity index (χ0) is 26.7. The lowest BCUT2D eigenvalue weighted by atomic mass is 9.95. The molecule has 0 saturated heterocycles. The first-order valence-corrected chi connectivity index (χ1v) is 14.6. The number of aryl methyl sites for hydroxylation is 1. The molecule has 0 fully saturated rings. The molecular formula is C28H38N4O3S2. The molecule has 1 aliphatic rings. The van der Waals surface area contributed by atoms with E-state index in [1.54, 1.807) is 11.3 Å². The van der Waals surface area contributed by atoms with E-state index in [4.69, 9.17) is 4.74 Å². The smallest absolute Gasteiger partial charge is 0.341 e. The lowest BCUT2D eigenvalue weighted by Crippen LogP contribution is -2.30. The Labute approximate surface area is 227 Å². The predicted molar refractivity (Wildman–Crippen MR) is 152 cm³/mol. The standard InChI is InChI=1S/C28H38N4O3S2/c1-7-31(6)17-22-18(2)20(25(37-22)32-14-10-11-15-32)16-29-27(34)30-24-23(26(33)35-28(3,4)5)19-12-8-9-13-21(19)36-24/h10-11,14-15H,7-9,12-13,16-17H2,1-6H3,(H2,29,30,34). The number of nitrogens with one attached hydrogen (secondary N) is 2. The van der Waals surface area contributed by atoms with E-state index >= 15 is 0 Å². The first-order valence-electron chi connectivity index (χ1n) is 12.9. The van der Waals surface area contributed by atoms with Gasteiger partial charge in [0.05, 0.1) is 5.56 Å². The number of carbonyl (C=O) groups is 2. The molecule has 3 heterocycles. The summed E-state index contributed by atoms with van der Waals surface area (Å²) in [5.41, 5.74) is 3.27. The van der Waals surface area contributed by atoms with Gasteiger partial charge in [-0.15, -0.1) is 22.7 Å². The zero-order valence-corrected chi connectivity index (χ0v) is 24.3. The number of rotatable bonds is 8. The van der Waals surface area contributed by atoms with E-state index < -0.39 is 5.60 Å². The summed E-state index contributed by atoms with van der Waals surface area (Å²) in [5, 5.41) is 7.73. The van der Waals surface area contributed by atoms with Gasteiger partial charge >= 0.3 is 12.0 Å². The molecule has 0 spiro atoms. The van der Waals surface area contributed by atoms with Crippen LogP contribution in [0.4, 0.5) is 9.80 Å². The summed E-state index contributed by atoms with van der Waals surface area (Å²) in [6.07, 6.45) is 7.98. The van der Waals surface area contributed by atoms with Crippen LogP contribution in [0.3, 0.4) is 0 Å². The first-order chi connectivity index (χ1) is 17.6. The average Bonchev–Trinajstić information content (AvgIpc) is 3.55. The van der Waals surface area contributed by atoms with Gasteiger partial charge in [-0.3, -0.25) is 5.32 Å². The van der Waals surface area contributed by atoms with Crippen LogP contribution in [0.25, 0.3) is 5.00 Å². The zero-order valence-electron chi connectivity index (χ0n) is 22.7. The Hall–Kier alpha value is -2.62. The number of hydrogen-bond acceptors (Lipinski definition) is 6. The molecule has 2 N–H and O–H groups in total. The number of fused-ring (bicyclic) bond motifs is 1. The normalized spacial score (nSPS) is 13.5. The summed E-state index contributed by atoms with van der Waals surface area (Å²) in [5.74, 6) is -0.365. The molecule has 1 aliphatic carbocycles. The fourth-order valence-electron chi connectivity index (χ4n) is 4.49. The van der Waals surface area contributed by atoms with Crippen LogP contribution in [0.5, 0.6) is 0 Å². The topological polar surface area (TPSA) is 75.6 Å². The highest BCUT2D eigenvalue weighted by atomic mass is 32.1. The van der Waals surface area contributed by atoms with Crippen LogP contribution in [-0.4, -0.2) is 40.7 Å². The minimum Gasteiger partial charge on any atom is -0.456 e. The van der Waals surface area contributed by atoms with Crippen LogP contribution in [0, 0.1) is 6.92 Å². The molecule has 3 aromatic heterocycles. The molecule has 0 aliphatic heterocycles. The van der Waals surface area contributed by atoms with Gasteiger partial charge in [-0.05, 0) is 90.2 Å². The minimum atomic E-state index is -0.602. The molecule has 0 bridgehead atoms. The number of thiophene rings is 2. The van der Waals surface area contributed by atoms with Crippen LogP contribution in [0.15, 0.2) is 24.5 Å². The Morgan fingerprint density at radius 2 is 1.84 bits per heavy atom. The van der Waals surface area contributed by atoms with Crippen molar-refractivity contribution in [1.29, 1.82) is 0 Å². The lowest BCUT2D eigenvalue weighted by Gasteiger charge is -2.21. The summed E-state index contributed by atoms with van der Waals surface area (Å²) in [6.45, 7) is 12.1. The first kappa shape index (κ1) is 27.4. The fraction of sp³-hybridized carbons (Fsp3) is 0.500. The Morgan fingerprint density at radius 3 is 2.51 bits per heavy atom. The number of urea groups is 1. The molecule has 7 nitrogen and oxygen atoms in total. The molecule has 0 saturated carbocycles. The summed E-state index contributed by atoms with van der Waals surface area (Å²) in [6, 6.07) is 3.70. The quantitative estimate of drug-likeness (QED) is 0.318. The molecule has 4 rings (SSSR count). The van der Waals surface area contributed by atoms with Crippen molar-refractivity contribution in [3.05, 3.63) is 56.5 Å². The predicted octanol–water partition coefficient (Wildman–Crippen LogP) is 6.52. The second-order valence-corrected chi connectivity index (χ2v) is 12.8. The number of hydrogen-bond donors (Lipinski definition) is 2. The Balaban J connectivity index is 1.54. The largest absolute Gasteiger partial charge is 0.456 e. The average molecular weight is 543 g/mol. The van der Waals surface area contributed by atoms with Gasteiger partial charge in [-0.2, -0.15) is 0 Å². The van der Waals surface area contributed by atoms with Crippen molar-refractivity contribution in [2.45, 2.75) is 79.0 Å². The van der Waals surface area contributed by atoms with E-state index in [0.717, 1.165) is 54.9 Å². The number of amides is 2. The maximum atomic E-state index is 13.1. The van der Waals surface area contributed by atoms with E-state index in [1.165, 1.54) is 26.7 Å². The molecule has 0 aromatic carbocycles. The van der Waals surface area contributed by atoms with Crippen LogP contribution in [0.2, 0.25) is 0 Å². The SMILES string of the molecule is CCN(C)Cc1sc(-n2cccc2)c(CNC(=O)Nc2sc3c(c2C(=O)OC(C)(C)C)CCCC3)c1C. The Kier molecular flexibility index (Phi) is 8.46. The van der Waals surface area contributed by atoms with E-state index in [1.807, 2.05) is 45.3 Å². The number of aromatic nitrogens is 1. The van der Waals surface area contributed by atoms with Gasteiger partial charge in [-0.25, -0.2) is 9.59 Å². The summed E-state index contributed by atoms with van der Waals surface area (Å²) >= 11 is 3.27. The molecule has 9 heteroatoms. The van der Waals surface area contributed by atoms with E-state index in [0.29, 0.717) is 17.1 Å². The molecule has 3 aromatic rings. The highest BCUT2D eigenvalue weighted by Crippen LogP contribution is 2.39. The van der Waals surface area contributed by atoms with Gasteiger partial charge < -0.3 is 19.5 Å². The summed E-state index contributed by atoms with van der Waals surface area (Å²) < 4.78 is 7.81. The highest BCUT2D eigenvalue weighted by molar-refractivity contribution is 7.17. The number of carbonyl (C=O) groups excluding carboxylic acids is 2. The molecule has 0 atom stereocenters. The molecular weight excluding hydrogens is 504 g/mol. The van der Waals surface area contributed by atoms with Gasteiger partial charge in [0.2, 0.25) is 0 Å². The Bertz CT molecular complexity index is 1250. The van der Waals surface area contributed by atoms with Crippen molar-refractivity contribution in [2.75, 3.05) is 18.9 Å².